The molecule has 6 heteroatoms. The minimum Gasteiger partial charge on any atom is -0.480 e. The Bertz CT molecular complexity index is 304. The van der Waals surface area contributed by atoms with Gasteiger partial charge in [0.15, 0.2) is 0 Å². The van der Waals surface area contributed by atoms with E-state index in [1.165, 1.54) is 16.7 Å². The second kappa shape index (κ2) is 3.68. The van der Waals surface area contributed by atoms with E-state index in [2.05, 4.69) is 0 Å². The Morgan fingerprint density at radius 2 is 2.13 bits per heavy atom. The first-order valence-corrected chi connectivity index (χ1v) is 6.10. The van der Waals surface area contributed by atoms with E-state index in [0.29, 0.717) is 24.5 Å². The molecule has 3 N–H and O–H groups in total. The summed E-state index contributed by atoms with van der Waals surface area (Å²) in [5.41, 5.74) is 5.12. The van der Waals surface area contributed by atoms with Crippen molar-refractivity contribution in [3.8, 4) is 0 Å². The number of rotatable bonds is 2. The third-order valence-electron chi connectivity index (χ3n) is 3.10. The van der Waals surface area contributed by atoms with Crippen LogP contribution < -0.4 is 5.73 Å². The highest BCUT2D eigenvalue weighted by atomic mass is 32.2. The lowest BCUT2D eigenvalue weighted by atomic mass is 9.76. The van der Waals surface area contributed by atoms with Crippen LogP contribution in [0.4, 0.5) is 0 Å². The van der Waals surface area contributed by atoms with Crippen molar-refractivity contribution in [2.24, 2.45) is 5.73 Å². The molecule has 5 nitrogen and oxygen atoms in total. The van der Waals surface area contributed by atoms with Crippen molar-refractivity contribution in [3.63, 3.8) is 0 Å². The van der Waals surface area contributed by atoms with Crippen LogP contribution in [0.3, 0.4) is 0 Å². The summed E-state index contributed by atoms with van der Waals surface area (Å²) >= 11 is 1.47. The van der Waals surface area contributed by atoms with Gasteiger partial charge >= 0.3 is 5.97 Å². The van der Waals surface area contributed by atoms with Crippen molar-refractivity contribution in [3.05, 3.63) is 0 Å². The summed E-state index contributed by atoms with van der Waals surface area (Å²) in [6.07, 6.45) is 2.32. The van der Waals surface area contributed by atoms with Crippen LogP contribution >= 0.6 is 11.8 Å². The summed E-state index contributed by atoms with van der Waals surface area (Å²) in [6, 6.07) is -0.691. The Morgan fingerprint density at radius 1 is 1.47 bits per heavy atom. The van der Waals surface area contributed by atoms with Gasteiger partial charge in [-0.3, -0.25) is 4.79 Å². The number of carboxylic acid groups (broad SMARTS) is 1. The lowest BCUT2D eigenvalue weighted by molar-refractivity contribution is -0.151. The molecule has 0 aromatic heterocycles. The number of hydrogen-bond acceptors (Lipinski definition) is 4. The average Bonchev–Trinajstić information content (AvgIpc) is 2.61. The van der Waals surface area contributed by atoms with Crippen molar-refractivity contribution < 1.29 is 14.7 Å². The molecule has 0 unspecified atom stereocenters. The molecule has 1 heterocycles. The predicted molar refractivity (Wildman–Crippen MR) is 56.4 cm³/mol. The van der Waals surface area contributed by atoms with E-state index in [1.54, 1.807) is 0 Å². The van der Waals surface area contributed by atoms with Crippen LogP contribution in [0.1, 0.15) is 19.3 Å². The predicted octanol–water partition coefficient (Wildman–Crippen LogP) is -0.146. The van der Waals surface area contributed by atoms with Crippen LogP contribution in [0.2, 0.25) is 0 Å². The molecule has 0 aromatic carbocycles. The monoisotopic (exact) mass is 230 g/mol. The van der Waals surface area contributed by atoms with Crippen LogP contribution in [0, 0.1) is 0 Å². The van der Waals surface area contributed by atoms with Crippen molar-refractivity contribution in [2.75, 3.05) is 11.6 Å². The molecule has 84 valence electrons. The van der Waals surface area contributed by atoms with Crippen LogP contribution in [0.15, 0.2) is 0 Å². The largest absolute Gasteiger partial charge is 0.480 e. The van der Waals surface area contributed by atoms with Gasteiger partial charge in [0.1, 0.15) is 6.04 Å². The van der Waals surface area contributed by atoms with Gasteiger partial charge in [-0.15, -0.1) is 11.8 Å². The molecule has 15 heavy (non-hydrogen) atoms. The topological polar surface area (TPSA) is 83.6 Å². The maximum absolute atomic E-state index is 12.0. The average molecular weight is 230 g/mol. The minimum absolute atomic E-state index is 0.189. The Labute approximate surface area is 92.0 Å². The fourth-order valence-electron chi connectivity index (χ4n) is 1.90. The van der Waals surface area contributed by atoms with Crippen molar-refractivity contribution in [1.29, 1.82) is 0 Å². The van der Waals surface area contributed by atoms with E-state index in [4.69, 9.17) is 10.8 Å². The lowest BCUT2D eigenvalue weighted by Crippen LogP contribution is -2.61. The number of aliphatic carboxylic acids is 1. The summed E-state index contributed by atoms with van der Waals surface area (Å²) < 4.78 is 0. The smallest absolute Gasteiger partial charge is 0.327 e. The van der Waals surface area contributed by atoms with E-state index in [0.717, 1.165) is 6.42 Å². The van der Waals surface area contributed by atoms with E-state index in [9.17, 15) is 9.59 Å². The van der Waals surface area contributed by atoms with Gasteiger partial charge in [0.25, 0.3) is 0 Å². The summed E-state index contributed by atoms with van der Waals surface area (Å²) in [5.74, 6) is -0.200. The normalized spacial score (nSPS) is 28.6. The SMILES string of the molecule is NC1(C(=O)N2CSC[C@H]2C(=O)O)CCC1. The van der Waals surface area contributed by atoms with Gasteiger partial charge in [-0.05, 0) is 19.3 Å². The van der Waals surface area contributed by atoms with Gasteiger partial charge < -0.3 is 15.7 Å². The van der Waals surface area contributed by atoms with Gasteiger partial charge in [0, 0.05) is 5.75 Å². The third-order valence-corrected chi connectivity index (χ3v) is 4.11. The number of amides is 1. The standard InChI is InChI=1S/C9H14N2O3S/c10-9(2-1-3-9)8(14)11-5-15-4-6(11)7(12)13/h6H,1-5,10H2,(H,12,13)/t6-/m0/s1. The maximum atomic E-state index is 12.0. The number of carbonyl (C=O) groups is 2. The highest BCUT2D eigenvalue weighted by molar-refractivity contribution is 7.99. The molecule has 1 saturated heterocycles. The molecular formula is C9H14N2O3S. The molecule has 0 aromatic rings. The van der Waals surface area contributed by atoms with Crippen LogP contribution in [-0.2, 0) is 9.59 Å². The Kier molecular flexibility index (Phi) is 2.64. The summed E-state index contributed by atoms with van der Waals surface area (Å²) in [4.78, 5) is 24.3. The molecule has 1 amide bonds. The number of thioether (sulfide) groups is 1. The second-order valence-electron chi connectivity index (χ2n) is 4.14. The number of nitrogens with zero attached hydrogens (tertiary/aromatic N) is 1. The molecule has 0 bridgehead atoms. The zero-order valence-corrected chi connectivity index (χ0v) is 9.13. The van der Waals surface area contributed by atoms with Gasteiger partial charge in [-0.2, -0.15) is 0 Å². The van der Waals surface area contributed by atoms with Crippen molar-refractivity contribution in [2.45, 2.75) is 30.8 Å². The first kappa shape index (κ1) is 10.8. The van der Waals surface area contributed by atoms with Gasteiger partial charge in [-0.1, -0.05) is 0 Å². The second-order valence-corrected chi connectivity index (χ2v) is 5.14. The quantitative estimate of drug-likeness (QED) is 0.689. The fraction of sp³-hybridized carbons (Fsp3) is 0.778. The molecule has 1 atom stereocenters. The van der Waals surface area contributed by atoms with E-state index < -0.39 is 17.6 Å². The zero-order valence-electron chi connectivity index (χ0n) is 8.31. The highest BCUT2D eigenvalue weighted by Gasteiger charge is 2.47. The van der Waals surface area contributed by atoms with E-state index >= 15 is 0 Å². The van der Waals surface area contributed by atoms with E-state index in [-0.39, 0.29) is 5.91 Å². The third kappa shape index (κ3) is 1.72. The Hall–Kier alpha value is -0.750. The highest BCUT2D eigenvalue weighted by Crippen LogP contribution is 2.34. The van der Waals surface area contributed by atoms with Crippen molar-refractivity contribution >= 4 is 23.6 Å². The number of nitrogens with two attached hydrogens (primary N) is 1. The first-order chi connectivity index (χ1) is 7.04. The Balaban J connectivity index is 2.09. The number of hydrogen-bond donors (Lipinski definition) is 2. The molecule has 1 aliphatic heterocycles. The van der Waals surface area contributed by atoms with Gasteiger partial charge in [0.05, 0.1) is 11.4 Å². The molecule has 2 fully saturated rings. The lowest BCUT2D eigenvalue weighted by Gasteiger charge is -2.39. The summed E-state index contributed by atoms with van der Waals surface area (Å²) in [7, 11) is 0. The number of carboxylic acids is 1. The molecular weight excluding hydrogens is 216 g/mol. The summed E-state index contributed by atoms with van der Waals surface area (Å²) in [5, 5.41) is 8.94. The van der Waals surface area contributed by atoms with Crippen LogP contribution in [0.25, 0.3) is 0 Å². The van der Waals surface area contributed by atoms with E-state index in [1.807, 2.05) is 0 Å². The van der Waals surface area contributed by atoms with Crippen LogP contribution in [-0.4, -0.2) is 45.1 Å². The minimum atomic E-state index is -0.934. The maximum Gasteiger partial charge on any atom is 0.327 e. The molecule has 2 rings (SSSR count). The van der Waals surface area contributed by atoms with Gasteiger partial charge in [-0.25, -0.2) is 4.79 Å². The molecule has 0 spiro atoms. The van der Waals surface area contributed by atoms with Gasteiger partial charge in [0.2, 0.25) is 5.91 Å². The fourth-order valence-corrected chi connectivity index (χ4v) is 3.05. The molecule has 1 saturated carbocycles. The Morgan fingerprint density at radius 3 is 2.60 bits per heavy atom. The molecule has 0 radical (unpaired) electrons. The van der Waals surface area contributed by atoms with Crippen molar-refractivity contribution in [1.82, 2.24) is 4.90 Å². The molecule has 2 aliphatic rings. The number of carbonyl (C=O) groups excluding carboxylic acids is 1. The first-order valence-electron chi connectivity index (χ1n) is 4.95. The molecule has 1 aliphatic carbocycles. The zero-order chi connectivity index (χ0) is 11.1. The summed E-state index contributed by atoms with van der Waals surface area (Å²) in [6.45, 7) is 0. The van der Waals surface area contributed by atoms with Crippen LogP contribution in [0.5, 0.6) is 0 Å².